The lowest BCUT2D eigenvalue weighted by Crippen LogP contribution is -2.30. The number of rotatable bonds is 3. The Kier molecular flexibility index (Phi) is 4.47. The fourth-order valence-corrected chi connectivity index (χ4v) is 2.66. The van der Waals surface area contributed by atoms with Crippen molar-refractivity contribution in [2.24, 2.45) is 0 Å². The minimum Gasteiger partial charge on any atom is -0.347 e. The van der Waals surface area contributed by atoms with Crippen LogP contribution in [-0.4, -0.2) is 34.5 Å². The van der Waals surface area contributed by atoms with Gasteiger partial charge in [-0.15, -0.1) is 11.6 Å². The molecule has 0 aliphatic rings. The van der Waals surface area contributed by atoms with Crippen molar-refractivity contribution < 1.29 is 4.79 Å². The number of amides is 1. The van der Waals surface area contributed by atoms with Gasteiger partial charge >= 0.3 is 0 Å². The third kappa shape index (κ3) is 2.60. The maximum atomic E-state index is 12.2. The SMILES string of the molecule is CC(C(=O)N(C)C)n1c(CCl)nc2cc(Cl)c(Cl)cc21. The van der Waals surface area contributed by atoms with Crippen molar-refractivity contribution in [2.75, 3.05) is 14.1 Å². The molecule has 0 radical (unpaired) electrons. The van der Waals surface area contributed by atoms with E-state index in [9.17, 15) is 4.79 Å². The summed E-state index contributed by atoms with van der Waals surface area (Å²) in [5, 5.41) is 0.850. The van der Waals surface area contributed by atoms with Gasteiger partial charge in [0.15, 0.2) is 0 Å². The molecule has 0 aliphatic heterocycles. The number of fused-ring (bicyclic) bond motifs is 1. The van der Waals surface area contributed by atoms with E-state index in [4.69, 9.17) is 34.8 Å². The topological polar surface area (TPSA) is 38.1 Å². The number of carbonyl (C=O) groups excluding carboxylic acids is 1. The molecule has 0 saturated carbocycles. The van der Waals surface area contributed by atoms with Crippen LogP contribution in [0, 0.1) is 0 Å². The number of hydrogen-bond acceptors (Lipinski definition) is 2. The van der Waals surface area contributed by atoms with Gasteiger partial charge in [0.1, 0.15) is 11.9 Å². The van der Waals surface area contributed by atoms with Gasteiger partial charge in [0.05, 0.1) is 27.0 Å². The summed E-state index contributed by atoms with van der Waals surface area (Å²) < 4.78 is 1.80. The largest absolute Gasteiger partial charge is 0.347 e. The molecular weight excluding hydrogens is 321 g/mol. The number of alkyl halides is 1. The van der Waals surface area contributed by atoms with Crippen LogP contribution in [0.4, 0.5) is 0 Å². The molecule has 0 bridgehead atoms. The van der Waals surface area contributed by atoms with E-state index in [1.807, 2.05) is 6.92 Å². The summed E-state index contributed by atoms with van der Waals surface area (Å²) in [6, 6.07) is 2.97. The monoisotopic (exact) mass is 333 g/mol. The highest BCUT2D eigenvalue weighted by Gasteiger charge is 2.23. The number of halogens is 3. The van der Waals surface area contributed by atoms with Crippen LogP contribution >= 0.6 is 34.8 Å². The molecule has 0 N–H and O–H groups in total. The average molecular weight is 335 g/mol. The highest BCUT2D eigenvalue weighted by Crippen LogP contribution is 2.30. The lowest BCUT2D eigenvalue weighted by atomic mass is 10.2. The Balaban J connectivity index is 2.67. The van der Waals surface area contributed by atoms with Gasteiger partial charge in [0, 0.05) is 14.1 Å². The number of nitrogens with zero attached hydrogens (tertiary/aromatic N) is 3. The minimum absolute atomic E-state index is 0.0401. The average Bonchev–Trinajstić information content (AvgIpc) is 2.75. The van der Waals surface area contributed by atoms with E-state index in [0.717, 1.165) is 5.52 Å². The Morgan fingerprint density at radius 3 is 2.50 bits per heavy atom. The van der Waals surface area contributed by atoms with Crippen molar-refractivity contribution >= 4 is 51.7 Å². The van der Waals surface area contributed by atoms with E-state index in [2.05, 4.69) is 4.98 Å². The van der Waals surface area contributed by atoms with E-state index in [1.165, 1.54) is 4.90 Å². The molecule has 1 aromatic carbocycles. The lowest BCUT2D eigenvalue weighted by molar-refractivity contribution is -0.131. The fraction of sp³-hybridized carbons (Fsp3) is 0.385. The van der Waals surface area contributed by atoms with Crippen molar-refractivity contribution in [3.8, 4) is 0 Å². The van der Waals surface area contributed by atoms with Crippen LogP contribution in [0.1, 0.15) is 18.8 Å². The van der Waals surface area contributed by atoms with Crippen molar-refractivity contribution in [1.29, 1.82) is 0 Å². The fourth-order valence-electron chi connectivity index (χ4n) is 2.15. The van der Waals surface area contributed by atoms with Gasteiger partial charge in [-0.1, -0.05) is 23.2 Å². The molecule has 2 aromatic rings. The molecule has 7 heteroatoms. The van der Waals surface area contributed by atoms with Crippen molar-refractivity contribution in [3.05, 3.63) is 28.0 Å². The zero-order valence-electron chi connectivity index (χ0n) is 11.3. The summed E-state index contributed by atoms with van der Waals surface area (Å²) in [4.78, 5) is 18.1. The van der Waals surface area contributed by atoms with E-state index in [1.54, 1.807) is 30.8 Å². The summed E-state index contributed by atoms with van der Waals surface area (Å²) in [7, 11) is 3.42. The first-order valence-electron chi connectivity index (χ1n) is 5.99. The normalized spacial score (nSPS) is 12.7. The summed E-state index contributed by atoms with van der Waals surface area (Å²) in [5.74, 6) is 0.777. The standard InChI is InChI=1S/C13H14Cl3N3O/c1-7(13(20)18(2)3)19-11-5-9(16)8(15)4-10(11)17-12(19)6-14/h4-5,7H,6H2,1-3H3. The molecule has 1 atom stereocenters. The molecule has 0 aliphatic carbocycles. The van der Waals surface area contributed by atoms with Crippen molar-refractivity contribution in [1.82, 2.24) is 14.5 Å². The first-order chi connectivity index (χ1) is 9.36. The molecule has 1 heterocycles. The molecule has 4 nitrogen and oxygen atoms in total. The second-order valence-corrected chi connectivity index (χ2v) is 5.78. The molecular formula is C13H14Cl3N3O. The summed E-state index contributed by atoms with van der Waals surface area (Å²) in [6.07, 6.45) is 0. The Labute approximate surface area is 132 Å². The first kappa shape index (κ1) is 15.4. The number of carbonyl (C=O) groups is 1. The smallest absolute Gasteiger partial charge is 0.244 e. The maximum Gasteiger partial charge on any atom is 0.244 e. The second-order valence-electron chi connectivity index (χ2n) is 4.70. The van der Waals surface area contributed by atoms with Crippen LogP contribution in [0.3, 0.4) is 0 Å². The Bertz CT molecular complexity index is 666. The van der Waals surface area contributed by atoms with E-state index < -0.39 is 6.04 Å². The molecule has 0 spiro atoms. The zero-order chi connectivity index (χ0) is 15.0. The third-order valence-corrected chi connectivity index (χ3v) is 4.07. The van der Waals surface area contributed by atoms with Gasteiger partial charge in [-0.25, -0.2) is 4.98 Å². The van der Waals surface area contributed by atoms with Gasteiger partial charge < -0.3 is 9.47 Å². The van der Waals surface area contributed by atoms with E-state index in [0.29, 0.717) is 21.4 Å². The van der Waals surface area contributed by atoms with Gasteiger partial charge in [0.2, 0.25) is 5.91 Å². The Morgan fingerprint density at radius 1 is 1.35 bits per heavy atom. The minimum atomic E-state index is -0.416. The molecule has 20 heavy (non-hydrogen) atoms. The molecule has 0 saturated heterocycles. The quantitative estimate of drug-likeness (QED) is 0.802. The predicted molar refractivity (Wildman–Crippen MR) is 82.7 cm³/mol. The Hall–Kier alpha value is -0.970. The molecule has 0 fully saturated rings. The van der Waals surface area contributed by atoms with Crippen molar-refractivity contribution in [2.45, 2.75) is 18.8 Å². The van der Waals surface area contributed by atoms with Crippen LogP contribution in [0.15, 0.2) is 12.1 Å². The maximum absolute atomic E-state index is 12.2. The van der Waals surface area contributed by atoms with Gasteiger partial charge in [0.25, 0.3) is 0 Å². The summed E-state index contributed by atoms with van der Waals surface area (Å²) in [5.41, 5.74) is 1.42. The third-order valence-electron chi connectivity index (χ3n) is 3.11. The van der Waals surface area contributed by atoms with Crippen molar-refractivity contribution in [3.63, 3.8) is 0 Å². The predicted octanol–water partition coefficient (Wildman–Crippen LogP) is 3.73. The number of imidazole rings is 1. The highest BCUT2D eigenvalue weighted by atomic mass is 35.5. The second kappa shape index (κ2) is 5.80. The van der Waals surface area contributed by atoms with E-state index in [-0.39, 0.29) is 11.8 Å². The van der Waals surface area contributed by atoms with E-state index >= 15 is 0 Å². The lowest BCUT2D eigenvalue weighted by Gasteiger charge is -2.20. The molecule has 1 aromatic heterocycles. The number of hydrogen-bond donors (Lipinski definition) is 0. The number of aromatic nitrogens is 2. The van der Waals surface area contributed by atoms with Crippen LogP contribution in [0.2, 0.25) is 10.0 Å². The van der Waals surface area contributed by atoms with Gasteiger partial charge in [-0.3, -0.25) is 4.79 Å². The molecule has 1 unspecified atom stereocenters. The molecule has 108 valence electrons. The molecule has 2 rings (SSSR count). The van der Waals surface area contributed by atoms with Crippen LogP contribution in [0.5, 0.6) is 0 Å². The first-order valence-corrected chi connectivity index (χ1v) is 7.28. The number of benzene rings is 1. The number of likely N-dealkylation sites (N-methyl/N-ethyl adjacent to an activating group) is 1. The van der Waals surface area contributed by atoms with Crippen LogP contribution < -0.4 is 0 Å². The summed E-state index contributed by atoms with van der Waals surface area (Å²) >= 11 is 18.0. The van der Waals surface area contributed by atoms with Gasteiger partial charge in [-0.05, 0) is 19.1 Å². The summed E-state index contributed by atoms with van der Waals surface area (Å²) in [6.45, 7) is 1.81. The van der Waals surface area contributed by atoms with Gasteiger partial charge in [-0.2, -0.15) is 0 Å². The molecule has 1 amide bonds. The zero-order valence-corrected chi connectivity index (χ0v) is 13.6. The highest BCUT2D eigenvalue weighted by molar-refractivity contribution is 6.42. The van der Waals surface area contributed by atoms with Crippen LogP contribution in [-0.2, 0) is 10.7 Å². The Morgan fingerprint density at radius 2 is 1.95 bits per heavy atom. The van der Waals surface area contributed by atoms with Crippen LogP contribution in [0.25, 0.3) is 11.0 Å².